The number of carbonyl (C=O) groups excluding carboxylic acids is 2. The number of nitrogens with one attached hydrogen (secondary N) is 1. The van der Waals surface area contributed by atoms with E-state index in [0.29, 0.717) is 35.3 Å². The van der Waals surface area contributed by atoms with E-state index in [0.717, 1.165) is 5.56 Å². The number of nitrogens with two attached hydrogens (primary N) is 1. The zero-order valence-corrected chi connectivity index (χ0v) is 22.7. The summed E-state index contributed by atoms with van der Waals surface area (Å²) >= 11 is 0. The highest BCUT2D eigenvalue weighted by Crippen LogP contribution is 2.37. The Kier molecular flexibility index (Phi) is 7.10. The maximum atomic E-state index is 13.7. The Hall–Kier alpha value is -4.23. The highest BCUT2D eigenvalue weighted by molar-refractivity contribution is 7.92. The van der Waals surface area contributed by atoms with Crippen LogP contribution in [-0.4, -0.2) is 25.2 Å². The van der Waals surface area contributed by atoms with Crippen LogP contribution in [0, 0.1) is 0 Å². The Morgan fingerprint density at radius 3 is 2.10 bits per heavy atom. The zero-order valence-electron chi connectivity index (χ0n) is 21.8. The van der Waals surface area contributed by atoms with Gasteiger partial charge in [0, 0.05) is 22.5 Å². The van der Waals surface area contributed by atoms with Crippen molar-refractivity contribution in [2.24, 2.45) is 0 Å². The number of benzene rings is 4. The Balaban J connectivity index is 1.46. The molecule has 3 N–H and O–H groups in total. The fraction of sp³-hybridized carbons (Fsp3) is 0.188. The molecule has 0 spiro atoms. The fourth-order valence-electron chi connectivity index (χ4n) is 5.28. The first kappa shape index (κ1) is 26.4. The second-order valence-electron chi connectivity index (χ2n) is 9.93. The number of ketones is 2. The van der Waals surface area contributed by atoms with Crippen molar-refractivity contribution in [1.29, 1.82) is 0 Å². The van der Waals surface area contributed by atoms with E-state index in [1.54, 1.807) is 60.7 Å². The minimum atomic E-state index is -3.63. The fourth-order valence-corrected chi connectivity index (χ4v) is 7.20. The molecule has 4 aromatic carbocycles. The van der Waals surface area contributed by atoms with Crippen LogP contribution in [0.1, 0.15) is 70.0 Å². The molecule has 2 unspecified atom stereocenters. The molecular weight excluding hydrogens is 508 g/mol. The van der Waals surface area contributed by atoms with Gasteiger partial charge in [-0.3, -0.25) is 9.59 Å². The monoisotopic (exact) mass is 538 g/mol. The van der Waals surface area contributed by atoms with Crippen LogP contribution in [0.2, 0.25) is 0 Å². The van der Waals surface area contributed by atoms with Gasteiger partial charge in [0.15, 0.2) is 21.4 Å². The lowest BCUT2D eigenvalue weighted by Crippen LogP contribution is -2.24. The largest absolute Gasteiger partial charge is 0.398 e. The standard InChI is InChI=1S/C32H30N2O4S/c1-3-23(18-20(2)21-10-5-4-6-11-21)39(37,38)24-13-9-12-22(19-24)34-28-17-16-27(33)29-30(28)32(36)26-15-8-7-14-25(26)31(29)35/h4-17,19-20,23,34H,3,18,33H2,1-2H3. The number of anilines is 3. The molecule has 4 aromatic rings. The summed E-state index contributed by atoms with van der Waals surface area (Å²) in [7, 11) is -3.63. The van der Waals surface area contributed by atoms with Crippen molar-refractivity contribution in [3.8, 4) is 0 Å². The predicted molar refractivity (Wildman–Crippen MR) is 155 cm³/mol. The van der Waals surface area contributed by atoms with Gasteiger partial charge in [0.05, 0.1) is 27.0 Å². The Morgan fingerprint density at radius 2 is 1.44 bits per heavy atom. The van der Waals surface area contributed by atoms with Crippen LogP contribution in [-0.2, 0) is 9.84 Å². The molecule has 2 atom stereocenters. The molecule has 0 fully saturated rings. The topological polar surface area (TPSA) is 106 Å². The van der Waals surface area contributed by atoms with Crippen LogP contribution in [0.25, 0.3) is 0 Å². The Morgan fingerprint density at radius 1 is 0.795 bits per heavy atom. The first-order chi connectivity index (χ1) is 18.7. The van der Waals surface area contributed by atoms with Crippen LogP contribution < -0.4 is 11.1 Å². The van der Waals surface area contributed by atoms with Crippen molar-refractivity contribution in [2.45, 2.75) is 42.8 Å². The maximum Gasteiger partial charge on any atom is 0.196 e. The van der Waals surface area contributed by atoms with Gasteiger partial charge in [-0.25, -0.2) is 8.42 Å². The highest BCUT2D eigenvalue weighted by Gasteiger charge is 2.33. The number of hydrogen-bond acceptors (Lipinski definition) is 6. The van der Waals surface area contributed by atoms with E-state index < -0.39 is 15.1 Å². The number of hydrogen-bond donors (Lipinski definition) is 2. The Labute approximate surface area is 228 Å². The van der Waals surface area contributed by atoms with Gasteiger partial charge < -0.3 is 11.1 Å². The van der Waals surface area contributed by atoms with Gasteiger partial charge in [0.2, 0.25) is 0 Å². The van der Waals surface area contributed by atoms with Gasteiger partial charge in [-0.1, -0.05) is 74.5 Å². The summed E-state index contributed by atoms with van der Waals surface area (Å²) in [4.78, 5) is 26.9. The molecule has 0 saturated heterocycles. The Bertz CT molecular complexity index is 1680. The van der Waals surface area contributed by atoms with E-state index >= 15 is 0 Å². The van der Waals surface area contributed by atoms with Gasteiger partial charge in [0.25, 0.3) is 0 Å². The third-order valence-corrected chi connectivity index (χ3v) is 9.74. The molecule has 1 aliphatic carbocycles. The number of rotatable bonds is 8. The predicted octanol–water partition coefficient (Wildman–Crippen LogP) is 6.53. The molecule has 39 heavy (non-hydrogen) atoms. The van der Waals surface area contributed by atoms with Crippen molar-refractivity contribution < 1.29 is 18.0 Å². The minimum Gasteiger partial charge on any atom is -0.398 e. The summed E-state index contributed by atoms with van der Waals surface area (Å²) in [6.45, 7) is 3.94. The molecule has 6 nitrogen and oxygen atoms in total. The molecule has 198 valence electrons. The van der Waals surface area contributed by atoms with Crippen molar-refractivity contribution in [1.82, 2.24) is 0 Å². The molecule has 0 heterocycles. The van der Waals surface area contributed by atoms with Gasteiger partial charge in [-0.15, -0.1) is 0 Å². The number of carbonyl (C=O) groups is 2. The molecule has 0 radical (unpaired) electrons. The summed E-state index contributed by atoms with van der Waals surface area (Å²) in [6, 6.07) is 26.4. The molecule has 0 bridgehead atoms. The molecule has 5 rings (SSSR count). The smallest absolute Gasteiger partial charge is 0.196 e. The molecule has 0 aromatic heterocycles. The van der Waals surface area contributed by atoms with Gasteiger partial charge in [0.1, 0.15) is 0 Å². The van der Waals surface area contributed by atoms with E-state index in [2.05, 4.69) is 5.32 Å². The third kappa shape index (κ3) is 4.86. The average molecular weight is 539 g/mol. The number of sulfone groups is 1. The maximum absolute atomic E-state index is 13.7. The van der Waals surface area contributed by atoms with Crippen molar-refractivity contribution in [2.75, 3.05) is 11.1 Å². The van der Waals surface area contributed by atoms with Crippen LogP contribution in [0.15, 0.2) is 95.9 Å². The summed E-state index contributed by atoms with van der Waals surface area (Å²) in [5, 5.41) is 2.63. The molecule has 0 saturated carbocycles. The van der Waals surface area contributed by atoms with E-state index in [-0.39, 0.29) is 39.2 Å². The quantitative estimate of drug-likeness (QED) is 0.218. The van der Waals surface area contributed by atoms with Crippen molar-refractivity contribution >= 4 is 38.5 Å². The van der Waals surface area contributed by atoms with Gasteiger partial charge in [-0.05, 0) is 54.7 Å². The lowest BCUT2D eigenvalue weighted by molar-refractivity contribution is 0.0980. The minimum absolute atomic E-state index is 0.0833. The van der Waals surface area contributed by atoms with E-state index in [9.17, 15) is 18.0 Å². The average Bonchev–Trinajstić information content (AvgIpc) is 2.95. The highest BCUT2D eigenvalue weighted by atomic mass is 32.2. The van der Waals surface area contributed by atoms with E-state index in [1.807, 2.05) is 44.2 Å². The summed E-state index contributed by atoms with van der Waals surface area (Å²) in [5.41, 5.74) is 9.35. The third-order valence-electron chi connectivity index (χ3n) is 7.43. The molecule has 1 aliphatic rings. The summed E-state index contributed by atoms with van der Waals surface area (Å²) in [6.07, 6.45) is 0.987. The van der Waals surface area contributed by atoms with Crippen LogP contribution in [0.4, 0.5) is 17.1 Å². The van der Waals surface area contributed by atoms with Crippen LogP contribution in [0.5, 0.6) is 0 Å². The lowest BCUT2D eigenvalue weighted by atomic mass is 9.82. The molecule has 0 aliphatic heterocycles. The van der Waals surface area contributed by atoms with Crippen molar-refractivity contribution in [3.05, 3.63) is 119 Å². The number of fused-ring (bicyclic) bond motifs is 2. The second kappa shape index (κ2) is 10.5. The van der Waals surface area contributed by atoms with Crippen molar-refractivity contribution in [3.63, 3.8) is 0 Å². The molecule has 7 heteroatoms. The lowest BCUT2D eigenvalue weighted by Gasteiger charge is -2.23. The SMILES string of the molecule is CCC(CC(C)c1ccccc1)S(=O)(=O)c1cccc(Nc2ccc(N)c3c2C(=O)c2ccccc2C3=O)c1. The van der Waals surface area contributed by atoms with E-state index in [4.69, 9.17) is 5.73 Å². The van der Waals surface area contributed by atoms with Crippen LogP contribution in [0.3, 0.4) is 0 Å². The van der Waals surface area contributed by atoms with E-state index in [1.165, 1.54) is 0 Å². The first-order valence-electron chi connectivity index (χ1n) is 13.0. The normalized spacial score (nSPS) is 14.3. The zero-order chi connectivity index (χ0) is 27.7. The number of nitrogen functional groups attached to an aromatic ring is 1. The molecule has 0 amide bonds. The first-order valence-corrected chi connectivity index (χ1v) is 14.5. The second-order valence-corrected chi connectivity index (χ2v) is 12.2. The van der Waals surface area contributed by atoms with Crippen LogP contribution >= 0.6 is 0 Å². The van der Waals surface area contributed by atoms with Gasteiger partial charge in [-0.2, -0.15) is 0 Å². The summed E-state index contributed by atoms with van der Waals surface area (Å²) < 4.78 is 27.4. The molecular formula is C32H30N2O4S. The summed E-state index contributed by atoms with van der Waals surface area (Å²) in [5.74, 6) is -0.532. The van der Waals surface area contributed by atoms with Gasteiger partial charge >= 0.3 is 0 Å².